The summed E-state index contributed by atoms with van der Waals surface area (Å²) in [6.07, 6.45) is 2.86. The summed E-state index contributed by atoms with van der Waals surface area (Å²) in [7, 11) is 0. The highest BCUT2D eigenvalue weighted by molar-refractivity contribution is 5.88. The molecule has 0 radical (unpaired) electrons. The van der Waals surface area contributed by atoms with Gasteiger partial charge < -0.3 is 5.32 Å². The summed E-state index contributed by atoms with van der Waals surface area (Å²) in [5.41, 5.74) is -0.432. The molecular weight excluding hydrogens is 178 g/mol. The lowest BCUT2D eigenvalue weighted by Crippen LogP contribution is -2.46. The highest BCUT2D eigenvalue weighted by Gasteiger charge is 2.25. The van der Waals surface area contributed by atoms with Crippen molar-refractivity contribution in [3.05, 3.63) is 12.7 Å². The van der Waals surface area contributed by atoms with E-state index in [-0.39, 0.29) is 11.7 Å². The SMILES string of the molecule is C=CC(=O)NC(C)(CC)CC(=O)CC. The zero-order valence-electron chi connectivity index (χ0n) is 9.22. The van der Waals surface area contributed by atoms with Crippen molar-refractivity contribution in [2.45, 2.75) is 45.6 Å². The first kappa shape index (κ1) is 12.9. The number of rotatable bonds is 6. The van der Waals surface area contributed by atoms with Crippen LogP contribution in [0.3, 0.4) is 0 Å². The van der Waals surface area contributed by atoms with Crippen molar-refractivity contribution in [2.24, 2.45) is 0 Å². The van der Waals surface area contributed by atoms with Crippen molar-refractivity contribution < 1.29 is 9.59 Å². The Labute approximate surface area is 85.6 Å². The van der Waals surface area contributed by atoms with Crippen LogP contribution in [-0.4, -0.2) is 17.2 Å². The van der Waals surface area contributed by atoms with Gasteiger partial charge in [0.15, 0.2) is 0 Å². The smallest absolute Gasteiger partial charge is 0.243 e. The molecular formula is C11H19NO2. The molecule has 0 aromatic carbocycles. The van der Waals surface area contributed by atoms with Gasteiger partial charge >= 0.3 is 0 Å². The predicted octanol–water partition coefficient (Wildman–Crippen LogP) is 1.83. The molecule has 0 saturated heterocycles. The fraction of sp³-hybridized carbons (Fsp3) is 0.636. The minimum Gasteiger partial charge on any atom is -0.347 e. The maximum Gasteiger partial charge on any atom is 0.243 e. The van der Waals surface area contributed by atoms with Gasteiger partial charge in [-0.25, -0.2) is 0 Å². The Kier molecular flexibility index (Phi) is 5.13. The van der Waals surface area contributed by atoms with Crippen LogP contribution in [0.1, 0.15) is 40.0 Å². The molecule has 1 atom stereocenters. The molecule has 0 rings (SSSR count). The molecule has 14 heavy (non-hydrogen) atoms. The van der Waals surface area contributed by atoms with Crippen molar-refractivity contribution in [3.63, 3.8) is 0 Å². The van der Waals surface area contributed by atoms with Gasteiger partial charge in [0.1, 0.15) is 5.78 Å². The third-order valence-electron chi connectivity index (χ3n) is 2.37. The quantitative estimate of drug-likeness (QED) is 0.660. The zero-order valence-corrected chi connectivity index (χ0v) is 9.22. The molecule has 0 aromatic rings. The van der Waals surface area contributed by atoms with Gasteiger partial charge in [-0.2, -0.15) is 0 Å². The van der Waals surface area contributed by atoms with Crippen molar-refractivity contribution in [1.29, 1.82) is 0 Å². The Balaban J connectivity index is 4.38. The van der Waals surface area contributed by atoms with Gasteiger partial charge in [0.2, 0.25) is 5.91 Å². The number of hydrogen-bond acceptors (Lipinski definition) is 2. The molecule has 0 aliphatic carbocycles. The normalized spacial score (nSPS) is 14.2. The number of carbonyl (C=O) groups excluding carboxylic acids is 2. The Morgan fingerprint density at radius 1 is 1.43 bits per heavy atom. The average molecular weight is 197 g/mol. The standard InChI is InChI=1S/C11H19NO2/c1-5-9(13)8-11(4,7-3)12-10(14)6-2/h6H,2,5,7-8H2,1,3-4H3,(H,12,14). The topological polar surface area (TPSA) is 46.2 Å². The minimum atomic E-state index is -0.432. The van der Waals surface area contributed by atoms with Gasteiger partial charge in [-0.05, 0) is 19.4 Å². The number of Topliss-reactive ketones (excluding diaryl/α,β-unsaturated/α-hetero) is 1. The monoisotopic (exact) mass is 197 g/mol. The van der Waals surface area contributed by atoms with Crippen LogP contribution in [0.25, 0.3) is 0 Å². The second-order valence-electron chi connectivity index (χ2n) is 3.68. The first-order valence-electron chi connectivity index (χ1n) is 4.93. The van der Waals surface area contributed by atoms with Crippen LogP contribution < -0.4 is 5.32 Å². The van der Waals surface area contributed by atoms with Gasteiger partial charge in [-0.15, -0.1) is 0 Å². The van der Waals surface area contributed by atoms with Crippen molar-refractivity contribution in [2.75, 3.05) is 0 Å². The lowest BCUT2D eigenvalue weighted by Gasteiger charge is -2.28. The molecule has 80 valence electrons. The molecule has 0 spiro atoms. The highest BCUT2D eigenvalue weighted by Crippen LogP contribution is 2.15. The van der Waals surface area contributed by atoms with Gasteiger partial charge in [-0.3, -0.25) is 9.59 Å². The van der Waals surface area contributed by atoms with Crippen LogP contribution in [0.2, 0.25) is 0 Å². The van der Waals surface area contributed by atoms with Crippen LogP contribution in [0, 0.1) is 0 Å². The maximum atomic E-state index is 11.3. The fourth-order valence-electron chi connectivity index (χ4n) is 1.17. The van der Waals surface area contributed by atoms with E-state index in [2.05, 4.69) is 11.9 Å². The molecule has 0 fully saturated rings. The largest absolute Gasteiger partial charge is 0.347 e. The molecule has 0 aliphatic heterocycles. The first-order chi connectivity index (χ1) is 6.47. The Hall–Kier alpha value is -1.12. The summed E-state index contributed by atoms with van der Waals surface area (Å²) in [5, 5.41) is 2.78. The molecule has 0 aromatic heterocycles. The van der Waals surface area contributed by atoms with E-state index in [0.717, 1.165) is 6.42 Å². The summed E-state index contributed by atoms with van der Waals surface area (Å²) >= 11 is 0. The fourth-order valence-corrected chi connectivity index (χ4v) is 1.17. The summed E-state index contributed by atoms with van der Waals surface area (Å²) in [5.74, 6) is -0.0584. The van der Waals surface area contributed by atoms with Crippen LogP contribution in [0.4, 0.5) is 0 Å². The van der Waals surface area contributed by atoms with Crippen molar-refractivity contribution in [1.82, 2.24) is 5.32 Å². The van der Waals surface area contributed by atoms with Gasteiger partial charge in [0, 0.05) is 18.4 Å². The molecule has 1 N–H and O–H groups in total. The van der Waals surface area contributed by atoms with Gasteiger partial charge in [-0.1, -0.05) is 20.4 Å². The van der Waals surface area contributed by atoms with E-state index >= 15 is 0 Å². The van der Waals surface area contributed by atoms with E-state index in [1.807, 2.05) is 20.8 Å². The lowest BCUT2D eigenvalue weighted by molar-refractivity contribution is -0.121. The van der Waals surface area contributed by atoms with E-state index < -0.39 is 5.54 Å². The van der Waals surface area contributed by atoms with Gasteiger partial charge in [0.05, 0.1) is 0 Å². The van der Waals surface area contributed by atoms with Crippen LogP contribution in [-0.2, 0) is 9.59 Å². The molecule has 0 bridgehead atoms. The summed E-state index contributed by atoms with van der Waals surface area (Å²) in [4.78, 5) is 22.4. The Morgan fingerprint density at radius 2 is 2.00 bits per heavy atom. The van der Waals surface area contributed by atoms with E-state index in [1.165, 1.54) is 6.08 Å². The van der Waals surface area contributed by atoms with E-state index in [1.54, 1.807) is 0 Å². The third kappa shape index (κ3) is 4.21. The third-order valence-corrected chi connectivity index (χ3v) is 2.37. The number of nitrogens with one attached hydrogen (secondary N) is 1. The van der Waals surface area contributed by atoms with Crippen molar-refractivity contribution >= 4 is 11.7 Å². The number of carbonyl (C=O) groups is 2. The molecule has 1 amide bonds. The molecule has 3 nitrogen and oxygen atoms in total. The summed E-state index contributed by atoms with van der Waals surface area (Å²) in [6, 6.07) is 0. The van der Waals surface area contributed by atoms with Crippen LogP contribution in [0.5, 0.6) is 0 Å². The minimum absolute atomic E-state index is 0.165. The number of hydrogen-bond donors (Lipinski definition) is 1. The summed E-state index contributed by atoms with van der Waals surface area (Å²) in [6.45, 7) is 9.04. The predicted molar refractivity (Wildman–Crippen MR) is 57.0 cm³/mol. The summed E-state index contributed by atoms with van der Waals surface area (Å²) < 4.78 is 0. The van der Waals surface area contributed by atoms with E-state index in [4.69, 9.17) is 0 Å². The second-order valence-corrected chi connectivity index (χ2v) is 3.68. The van der Waals surface area contributed by atoms with Crippen LogP contribution >= 0.6 is 0 Å². The second kappa shape index (κ2) is 5.58. The Morgan fingerprint density at radius 3 is 2.36 bits per heavy atom. The number of amides is 1. The first-order valence-corrected chi connectivity index (χ1v) is 4.93. The molecule has 0 heterocycles. The van der Waals surface area contributed by atoms with E-state index in [0.29, 0.717) is 12.8 Å². The highest BCUT2D eigenvalue weighted by atomic mass is 16.1. The number of ketones is 1. The molecule has 0 aliphatic rings. The zero-order chi connectivity index (χ0) is 11.2. The molecule has 1 unspecified atom stereocenters. The molecule has 3 heteroatoms. The van der Waals surface area contributed by atoms with Crippen LogP contribution in [0.15, 0.2) is 12.7 Å². The maximum absolute atomic E-state index is 11.3. The van der Waals surface area contributed by atoms with Crippen molar-refractivity contribution in [3.8, 4) is 0 Å². The lowest BCUT2D eigenvalue weighted by atomic mass is 9.91. The molecule has 0 saturated carbocycles. The Bertz CT molecular complexity index is 235. The average Bonchev–Trinajstić information content (AvgIpc) is 2.17. The van der Waals surface area contributed by atoms with Gasteiger partial charge in [0.25, 0.3) is 0 Å². The van der Waals surface area contributed by atoms with E-state index in [9.17, 15) is 9.59 Å².